The van der Waals surface area contributed by atoms with Gasteiger partial charge in [0.25, 0.3) is 5.92 Å². The van der Waals surface area contributed by atoms with E-state index in [9.17, 15) is 8.78 Å². The number of alkyl halides is 2. The predicted molar refractivity (Wildman–Crippen MR) is 48.6 cm³/mol. The highest BCUT2D eigenvalue weighted by molar-refractivity contribution is 6.28. The van der Waals surface area contributed by atoms with Crippen molar-refractivity contribution in [2.75, 3.05) is 11.9 Å². The normalized spacial score (nSPS) is 23.2. The third-order valence-corrected chi connectivity index (χ3v) is 2.29. The van der Waals surface area contributed by atoms with E-state index in [0.29, 0.717) is 5.82 Å². The lowest BCUT2D eigenvalue weighted by molar-refractivity contribution is 0.101. The van der Waals surface area contributed by atoms with Crippen molar-refractivity contribution in [2.24, 2.45) is 5.92 Å². The zero-order valence-electron chi connectivity index (χ0n) is 7.17. The number of anilines is 1. The molecule has 76 valence electrons. The van der Waals surface area contributed by atoms with Crippen molar-refractivity contribution in [3.8, 4) is 0 Å². The Kier molecular flexibility index (Phi) is 2.26. The Morgan fingerprint density at radius 2 is 2.36 bits per heavy atom. The second kappa shape index (κ2) is 3.31. The number of nitrogens with one attached hydrogen (secondary N) is 1. The monoisotopic (exact) mass is 219 g/mol. The summed E-state index contributed by atoms with van der Waals surface area (Å²) >= 11 is 5.52. The van der Waals surface area contributed by atoms with Gasteiger partial charge in [0.15, 0.2) is 0 Å². The van der Waals surface area contributed by atoms with Gasteiger partial charge in [-0.25, -0.2) is 18.7 Å². The molecule has 1 atom stereocenters. The number of aromatic nitrogens is 2. The Morgan fingerprint density at radius 3 is 2.93 bits per heavy atom. The zero-order chi connectivity index (χ0) is 10.2. The molecule has 1 unspecified atom stereocenters. The van der Waals surface area contributed by atoms with Gasteiger partial charge in [-0.3, -0.25) is 0 Å². The van der Waals surface area contributed by atoms with Crippen LogP contribution < -0.4 is 5.32 Å². The molecule has 6 heteroatoms. The van der Waals surface area contributed by atoms with Crippen LogP contribution in [0.5, 0.6) is 0 Å². The zero-order valence-corrected chi connectivity index (χ0v) is 7.93. The van der Waals surface area contributed by atoms with Crippen LogP contribution in [-0.2, 0) is 0 Å². The van der Waals surface area contributed by atoms with E-state index in [1.165, 1.54) is 6.20 Å². The van der Waals surface area contributed by atoms with Crippen LogP contribution in [0, 0.1) is 5.92 Å². The van der Waals surface area contributed by atoms with Gasteiger partial charge in [0.2, 0.25) is 5.28 Å². The second-order valence-corrected chi connectivity index (χ2v) is 3.59. The van der Waals surface area contributed by atoms with Crippen LogP contribution in [-0.4, -0.2) is 22.4 Å². The summed E-state index contributed by atoms with van der Waals surface area (Å²) < 4.78 is 25.0. The lowest BCUT2D eigenvalue weighted by Crippen LogP contribution is -2.09. The van der Waals surface area contributed by atoms with Crippen molar-refractivity contribution in [2.45, 2.75) is 12.3 Å². The van der Waals surface area contributed by atoms with Crippen molar-refractivity contribution in [1.29, 1.82) is 0 Å². The summed E-state index contributed by atoms with van der Waals surface area (Å²) in [7, 11) is 0. The van der Waals surface area contributed by atoms with E-state index in [4.69, 9.17) is 11.6 Å². The van der Waals surface area contributed by atoms with Crippen LogP contribution >= 0.6 is 11.6 Å². The number of nitrogens with zero attached hydrogens (tertiary/aromatic N) is 2. The van der Waals surface area contributed by atoms with E-state index in [2.05, 4.69) is 15.3 Å². The van der Waals surface area contributed by atoms with E-state index in [0.717, 1.165) is 0 Å². The summed E-state index contributed by atoms with van der Waals surface area (Å²) in [5.41, 5.74) is 0. The third-order valence-electron chi connectivity index (χ3n) is 2.11. The summed E-state index contributed by atoms with van der Waals surface area (Å²) in [6.07, 6.45) is 1.43. The minimum absolute atomic E-state index is 0.0428. The maximum absolute atomic E-state index is 12.5. The average Bonchev–Trinajstić information content (AvgIpc) is 2.71. The first-order chi connectivity index (χ1) is 6.58. The molecule has 0 spiro atoms. The van der Waals surface area contributed by atoms with Crippen LogP contribution in [0.3, 0.4) is 0 Å². The highest BCUT2D eigenvalue weighted by Crippen LogP contribution is 2.48. The lowest BCUT2D eigenvalue weighted by Gasteiger charge is -2.03. The summed E-state index contributed by atoms with van der Waals surface area (Å²) in [6, 6.07) is 1.59. The van der Waals surface area contributed by atoms with E-state index < -0.39 is 11.8 Å². The van der Waals surface area contributed by atoms with Gasteiger partial charge in [-0.05, 0) is 17.7 Å². The van der Waals surface area contributed by atoms with Crippen molar-refractivity contribution < 1.29 is 8.78 Å². The number of hydrogen-bond donors (Lipinski definition) is 1. The highest BCUT2D eigenvalue weighted by atomic mass is 35.5. The first kappa shape index (κ1) is 9.58. The molecule has 0 bridgehead atoms. The summed E-state index contributed by atoms with van der Waals surface area (Å²) in [4.78, 5) is 7.50. The van der Waals surface area contributed by atoms with Gasteiger partial charge in [0.1, 0.15) is 5.82 Å². The fourth-order valence-electron chi connectivity index (χ4n) is 1.15. The average molecular weight is 220 g/mol. The quantitative estimate of drug-likeness (QED) is 0.792. The first-order valence-corrected chi connectivity index (χ1v) is 4.56. The van der Waals surface area contributed by atoms with E-state index in [1.54, 1.807) is 6.07 Å². The molecule has 1 aromatic heterocycles. The largest absolute Gasteiger partial charge is 0.369 e. The fourth-order valence-corrected chi connectivity index (χ4v) is 1.30. The standard InChI is InChI=1S/C8H8ClF2N3/c9-7-12-2-1-6(14-7)13-4-5-3-8(5,10)11/h1-2,5H,3-4H2,(H,12,13,14). The van der Waals surface area contributed by atoms with Crippen molar-refractivity contribution >= 4 is 17.4 Å². The molecule has 1 aliphatic carbocycles. The molecule has 1 aliphatic rings. The Labute approximate surface area is 84.5 Å². The van der Waals surface area contributed by atoms with Crippen LogP contribution in [0.25, 0.3) is 0 Å². The Hall–Kier alpha value is -0.970. The first-order valence-electron chi connectivity index (χ1n) is 4.18. The molecule has 1 saturated carbocycles. The van der Waals surface area contributed by atoms with Crippen molar-refractivity contribution in [3.05, 3.63) is 17.5 Å². The molecule has 1 aromatic rings. The van der Waals surface area contributed by atoms with E-state index in [-0.39, 0.29) is 18.2 Å². The van der Waals surface area contributed by atoms with Gasteiger partial charge in [-0.15, -0.1) is 0 Å². The van der Waals surface area contributed by atoms with Gasteiger partial charge in [0, 0.05) is 25.1 Å². The number of hydrogen-bond acceptors (Lipinski definition) is 3. The third kappa shape index (κ3) is 2.09. The van der Waals surface area contributed by atoms with Crippen LogP contribution in [0.2, 0.25) is 5.28 Å². The molecule has 1 fully saturated rings. The molecule has 1 N–H and O–H groups in total. The molecular formula is C8H8ClF2N3. The van der Waals surface area contributed by atoms with Crippen molar-refractivity contribution in [1.82, 2.24) is 9.97 Å². The Bertz CT molecular complexity index is 345. The minimum Gasteiger partial charge on any atom is -0.369 e. The summed E-state index contributed by atoms with van der Waals surface area (Å²) in [5, 5.41) is 2.90. The van der Waals surface area contributed by atoms with Gasteiger partial charge < -0.3 is 5.32 Å². The topological polar surface area (TPSA) is 37.8 Å². The van der Waals surface area contributed by atoms with Crippen LogP contribution in [0.1, 0.15) is 6.42 Å². The highest BCUT2D eigenvalue weighted by Gasteiger charge is 2.56. The summed E-state index contributed by atoms with van der Waals surface area (Å²) in [6.45, 7) is 0.223. The van der Waals surface area contributed by atoms with Crippen molar-refractivity contribution in [3.63, 3.8) is 0 Å². The second-order valence-electron chi connectivity index (χ2n) is 3.25. The molecule has 0 aromatic carbocycles. The van der Waals surface area contributed by atoms with Gasteiger partial charge >= 0.3 is 0 Å². The molecule has 2 rings (SSSR count). The van der Waals surface area contributed by atoms with E-state index in [1.807, 2.05) is 0 Å². The summed E-state index contributed by atoms with van der Waals surface area (Å²) in [5.74, 6) is -2.59. The number of halogens is 3. The van der Waals surface area contributed by atoms with Gasteiger partial charge in [-0.1, -0.05) is 0 Å². The molecular weight excluding hydrogens is 212 g/mol. The minimum atomic E-state index is -2.50. The molecule has 0 saturated heterocycles. The SMILES string of the molecule is FC1(F)CC1CNc1ccnc(Cl)n1. The maximum Gasteiger partial charge on any atom is 0.253 e. The molecule has 14 heavy (non-hydrogen) atoms. The smallest absolute Gasteiger partial charge is 0.253 e. The van der Waals surface area contributed by atoms with Gasteiger partial charge in [-0.2, -0.15) is 0 Å². The Balaban J connectivity index is 1.87. The lowest BCUT2D eigenvalue weighted by atomic mass is 10.4. The fraction of sp³-hybridized carbons (Fsp3) is 0.500. The molecule has 1 heterocycles. The van der Waals surface area contributed by atoms with E-state index >= 15 is 0 Å². The maximum atomic E-state index is 12.5. The van der Waals surface area contributed by atoms with Gasteiger partial charge in [0.05, 0.1) is 0 Å². The number of rotatable bonds is 3. The molecule has 0 radical (unpaired) electrons. The molecule has 0 aliphatic heterocycles. The molecule has 0 amide bonds. The molecule has 3 nitrogen and oxygen atoms in total. The Morgan fingerprint density at radius 1 is 1.64 bits per heavy atom. The predicted octanol–water partition coefficient (Wildman–Crippen LogP) is 2.20. The van der Waals surface area contributed by atoms with Crippen LogP contribution in [0.4, 0.5) is 14.6 Å². The van der Waals surface area contributed by atoms with Crippen LogP contribution in [0.15, 0.2) is 12.3 Å².